The molecule has 25 heavy (non-hydrogen) atoms. The van der Waals surface area contributed by atoms with Crippen LogP contribution in [0.4, 0.5) is 13.2 Å². The summed E-state index contributed by atoms with van der Waals surface area (Å²) in [6, 6.07) is 11.1. The van der Waals surface area contributed by atoms with Crippen LogP contribution >= 0.6 is 35.0 Å². The maximum Gasteiger partial charge on any atom is 0.573 e. The van der Waals surface area contributed by atoms with Crippen LogP contribution in [0, 0.1) is 0 Å². The van der Waals surface area contributed by atoms with Gasteiger partial charge in [-0.25, -0.2) is 0 Å². The molecule has 8 heteroatoms. The topological polar surface area (TPSA) is 21.3 Å². The smallest absolute Gasteiger partial charge is 0.406 e. The van der Waals surface area contributed by atoms with E-state index >= 15 is 0 Å². The van der Waals surface area contributed by atoms with Crippen LogP contribution in [-0.2, 0) is 0 Å². The third-order valence-corrected chi connectivity index (χ3v) is 5.03. The molecule has 0 fully saturated rings. The van der Waals surface area contributed by atoms with Gasteiger partial charge < -0.3 is 10.1 Å². The van der Waals surface area contributed by atoms with Gasteiger partial charge in [0, 0.05) is 28.3 Å². The number of thioether (sulfide) groups is 1. The molecule has 0 aliphatic rings. The molecule has 2 rings (SSSR count). The van der Waals surface area contributed by atoms with E-state index in [2.05, 4.69) is 10.1 Å². The molecule has 1 atom stereocenters. The quantitative estimate of drug-likeness (QED) is 0.426. The predicted octanol–water partition coefficient (Wildman–Crippen LogP) is 6.33. The average molecular weight is 410 g/mol. The van der Waals surface area contributed by atoms with Crippen molar-refractivity contribution >= 4 is 35.0 Å². The number of alkyl halides is 3. The average Bonchev–Trinajstić information content (AvgIpc) is 2.53. The highest BCUT2D eigenvalue weighted by molar-refractivity contribution is 7.99. The van der Waals surface area contributed by atoms with Crippen LogP contribution in [0.5, 0.6) is 5.75 Å². The molecular weight excluding hydrogens is 394 g/mol. The minimum atomic E-state index is -4.69. The van der Waals surface area contributed by atoms with Gasteiger partial charge in [0.2, 0.25) is 0 Å². The molecule has 0 radical (unpaired) electrons. The molecule has 1 unspecified atom stereocenters. The van der Waals surface area contributed by atoms with E-state index in [1.807, 2.05) is 6.92 Å². The van der Waals surface area contributed by atoms with E-state index in [9.17, 15) is 13.2 Å². The van der Waals surface area contributed by atoms with Crippen molar-refractivity contribution in [2.24, 2.45) is 0 Å². The minimum absolute atomic E-state index is 0.118. The summed E-state index contributed by atoms with van der Waals surface area (Å²) in [5, 5.41) is 4.52. The predicted molar refractivity (Wildman–Crippen MR) is 96.7 cm³/mol. The van der Waals surface area contributed by atoms with Crippen LogP contribution in [-0.4, -0.2) is 18.7 Å². The Morgan fingerprint density at radius 1 is 1.16 bits per heavy atom. The monoisotopic (exact) mass is 409 g/mol. The highest BCUT2D eigenvalue weighted by Gasteiger charge is 2.31. The van der Waals surface area contributed by atoms with Gasteiger partial charge in [-0.3, -0.25) is 0 Å². The Morgan fingerprint density at radius 3 is 2.64 bits per heavy atom. The summed E-state index contributed by atoms with van der Waals surface area (Å²) in [5.74, 6) is 0.516. The van der Waals surface area contributed by atoms with Gasteiger partial charge >= 0.3 is 6.36 Å². The summed E-state index contributed by atoms with van der Waals surface area (Å²) in [6.45, 7) is 2.53. The van der Waals surface area contributed by atoms with E-state index in [1.54, 1.807) is 36.0 Å². The first-order valence-corrected chi connectivity index (χ1v) is 9.16. The van der Waals surface area contributed by atoms with Gasteiger partial charge in [0.25, 0.3) is 0 Å². The molecule has 0 saturated heterocycles. The van der Waals surface area contributed by atoms with Crippen LogP contribution in [0.15, 0.2) is 47.4 Å². The second-order valence-electron chi connectivity index (χ2n) is 5.22. The third kappa shape index (κ3) is 6.98. The van der Waals surface area contributed by atoms with Gasteiger partial charge in [-0.15, -0.1) is 24.9 Å². The third-order valence-electron chi connectivity index (χ3n) is 3.30. The first-order chi connectivity index (χ1) is 11.7. The lowest BCUT2D eigenvalue weighted by Gasteiger charge is -2.16. The number of hydrogen-bond acceptors (Lipinski definition) is 3. The Bertz CT molecular complexity index is 713. The van der Waals surface area contributed by atoms with Crippen LogP contribution in [0.25, 0.3) is 0 Å². The fourth-order valence-electron chi connectivity index (χ4n) is 2.12. The number of hydrogen-bond donors (Lipinski definition) is 1. The van der Waals surface area contributed by atoms with Crippen molar-refractivity contribution in [2.75, 3.05) is 12.3 Å². The van der Waals surface area contributed by atoms with Gasteiger partial charge in [-0.05, 0) is 42.8 Å². The molecule has 0 heterocycles. The second kappa shape index (κ2) is 9.03. The Labute approximate surface area is 158 Å². The Kier molecular flexibility index (Phi) is 7.31. The van der Waals surface area contributed by atoms with Crippen LogP contribution in [0.3, 0.4) is 0 Å². The summed E-state index contributed by atoms with van der Waals surface area (Å²) in [4.78, 5) is 0.893. The second-order valence-corrected chi connectivity index (χ2v) is 7.20. The summed E-state index contributed by atoms with van der Waals surface area (Å²) >= 11 is 13.6. The van der Waals surface area contributed by atoms with E-state index in [0.29, 0.717) is 22.2 Å². The Hall–Kier alpha value is -1.08. The van der Waals surface area contributed by atoms with Crippen molar-refractivity contribution in [2.45, 2.75) is 24.2 Å². The zero-order valence-electron chi connectivity index (χ0n) is 13.2. The molecule has 0 aliphatic carbocycles. The van der Waals surface area contributed by atoms with Gasteiger partial charge in [0.05, 0.1) is 5.02 Å². The standard InChI is InChI=1S/C17H16Cl2F3NOS/c1-11(12-3-2-4-14(9-12)24-17(20,21)22)23-7-8-25-16-10-13(18)5-6-15(16)19/h2-6,9-11,23H,7-8H2,1H3. The van der Waals surface area contributed by atoms with Crippen molar-refractivity contribution in [1.82, 2.24) is 5.32 Å². The molecule has 2 nitrogen and oxygen atoms in total. The van der Waals surface area contributed by atoms with Crippen molar-refractivity contribution < 1.29 is 17.9 Å². The lowest BCUT2D eigenvalue weighted by Crippen LogP contribution is -2.22. The van der Waals surface area contributed by atoms with E-state index in [1.165, 1.54) is 18.2 Å². The van der Waals surface area contributed by atoms with E-state index in [-0.39, 0.29) is 11.8 Å². The van der Waals surface area contributed by atoms with Crippen molar-refractivity contribution in [1.29, 1.82) is 0 Å². The molecular formula is C17H16Cl2F3NOS. The van der Waals surface area contributed by atoms with Crippen LogP contribution < -0.4 is 10.1 Å². The van der Waals surface area contributed by atoms with Crippen molar-refractivity contribution in [3.05, 3.63) is 58.1 Å². The highest BCUT2D eigenvalue weighted by atomic mass is 35.5. The first kappa shape index (κ1) is 20.2. The zero-order chi connectivity index (χ0) is 18.4. The van der Waals surface area contributed by atoms with Gasteiger partial charge in [-0.2, -0.15) is 0 Å². The lowest BCUT2D eigenvalue weighted by molar-refractivity contribution is -0.274. The number of halogens is 5. The molecule has 1 N–H and O–H groups in total. The van der Waals surface area contributed by atoms with Gasteiger partial charge in [0.1, 0.15) is 5.75 Å². The van der Waals surface area contributed by atoms with E-state index < -0.39 is 6.36 Å². The molecule has 2 aromatic rings. The molecule has 0 aliphatic heterocycles. The Morgan fingerprint density at radius 2 is 1.92 bits per heavy atom. The fraction of sp³-hybridized carbons (Fsp3) is 0.294. The number of benzene rings is 2. The number of nitrogens with one attached hydrogen (secondary N) is 1. The van der Waals surface area contributed by atoms with Crippen molar-refractivity contribution in [3.8, 4) is 5.75 Å². The summed E-state index contributed by atoms with van der Waals surface area (Å²) in [6.07, 6.45) is -4.69. The minimum Gasteiger partial charge on any atom is -0.406 e. The number of rotatable bonds is 7. The summed E-state index contributed by atoms with van der Waals surface area (Å²) in [5.41, 5.74) is 0.715. The maximum atomic E-state index is 12.3. The molecule has 0 aromatic heterocycles. The normalized spacial score (nSPS) is 12.9. The summed E-state index contributed by atoms with van der Waals surface area (Å²) < 4.78 is 40.8. The molecule has 0 saturated carbocycles. The molecule has 2 aromatic carbocycles. The Balaban J connectivity index is 1.85. The zero-order valence-corrected chi connectivity index (χ0v) is 15.6. The lowest BCUT2D eigenvalue weighted by atomic mass is 10.1. The molecule has 0 spiro atoms. The summed E-state index contributed by atoms with van der Waals surface area (Å²) in [7, 11) is 0. The largest absolute Gasteiger partial charge is 0.573 e. The van der Waals surface area contributed by atoms with Crippen LogP contribution in [0.1, 0.15) is 18.5 Å². The fourth-order valence-corrected chi connectivity index (χ4v) is 3.50. The number of ether oxygens (including phenoxy) is 1. The molecule has 136 valence electrons. The maximum absolute atomic E-state index is 12.3. The molecule has 0 amide bonds. The van der Waals surface area contributed by atoms with E-state index in [4.69, 9.17) is 23.2 Å². The highest BCUT2D eigenvalue weighted by Crippen LogP contribution is 2.30. The SMILES string of the molecule is CC(NCCSc1cc(Cl)ccc1Cl)c1cccc(OC(F)(F)F)c1. The molecule has 0 bridgehead atoms. The van der Waals surface area contributed by atoms with Gasteiger partial charge in [0.15, 0.2) is 0 Å². The van der Waals surface area contributed by atoms with Gasteiger partial charge in [-0.1, -0.05) is 35.3 Å². The van der Waals surface area contributed by atoms with E-state index in [0.717, 1.165) is 10.6 Å². The first-order valence-electron chi connectivity index (χ1n) is 7.41. The van der Waals surface area contributed by atoms with Crippen LogP contribution in [0.2, 0.25) is 10.0 Å². The van der Waals surface area contributed by atoms with Crippen molar-refractivity contribution in [3.63, 3.8) is 0 Å².